The molecule has 0 radical (unpaired) electrons. The van der Waals surface area contributed by atoms with Crippen LogP contribution in [0.25, 0.3) is 0 Å². The molecule has 2 aromatic rings. The third kappa shape index (κ3) is 4.58. The van der Waals surface area contributed by atoms with Crippen molar-refractivity contribution in [2.24, 2.45) is 0 Å². The van der Waals surface area contributed by atoms with Crippen LogP contribution in [0.3, 0.4) is 0 Å². The third-order valence-corrected chi connectivity index (χ3v) is 4.32. The average Bonchev–Trinajstić information content (AvgIpc) is 2.44. The maximum atomic E-state index is 12.5. The molecule has 0 unspecified atom stereocenters. The zero-order valence-electron chi connectivity index (χ0n) is 14.3. The Morgan fingerprint density at radius 2 is 1.62 bits per heavy atom. The van der Waals surface area contributed by atoms with E-state index in [9.17, 15) is 13.2 Å². The third-order valence-electron chi connectivity index (χ3n) is 3.73. The average molecular weight is 346 g/mol. The van der Waals surface area contributed by atoms with Crippen LogP contribution < -0.4 is 10.0 Å². The van der Waals surface area contributed by atoms with Crippen molar-refractivity contribution in [3.8, 4) is 0 Å². The Bertz CT molecular complexity index is 851. The molecular formula is C18H22N2O3S. The van der Waals surface area contributed by atoms with E-state index in [4.69, 9.17) is 0 Å². The van der Waals surface area contributed by atoms with Gasteiger partial charge in [0.05, 0.1) is 17.5 Å². The summed E-state index contributed by atoms with van der Waals surface area (Å²) in [7, 11) is -3.45. The summed E-state index contributed by atoms with van der Waals surface area (Å²) >= 11 is 0. The molecule has 0 aromatic heterocycles. The fourth-order valence-electron chi connectivity index (χ4n) is 2.72. The minimum Gasteiger partial charge on any atom is -0.348 e. The van der Waals surface area contributed by atoms with Crippen LogP contribution in [0.5, 0.6) is 0 Å². The van der Waals surface area contributed by atoms with Gasteiger partial charge in [-0.2, -0.15) is 0 Å². The van der Waals surface area contributed by atoms with Gasteiger partial charge in [-0.05, 0) is 49.6 Å². The highest BCUT2D eigenvalue weighted by Crippen LogP contribution is 2.18. The van der Waals surface area contributed by atoms with E-state index in [2.05, 4.69) is 22.2 Å². The predicted octanol–water partition coefficient (Wildman–Crippen LogP) is 2.91. The Hall–Kier alpha value is -2.34. The summed E-state index contributed by atoms with van der Waals surface area (Å²) in [6.07, 6.45) is 1.06. The standard InChI is InChI=1S/C18H22N2O3S/c1-12-9-13(2)16(14(3)10-12)11-19-18(21)15-7-5-6-8-17(15)20-24(4,22)23/h5-10,20H,11H2,1-4H3,(H,19,21). The molecule has 128 valence electrons. The van der Waals surface area contributed by atoms with E-state index in [1.165, 1.54) is 5.56 Å². The smallest absolute Gasteiger partial charge is 0.253 e. The summed E-state index contributed by atoms with van der Waals surface area (Å²) < 4.78 is 25.2. The Balaban J connectivity index is 2.20. The molecule has 6 heteroatoms. The van der Waals surface area contributed by atoms with Gasteiger partial charge in [0.25, 0.3) is 5.91 Å². The van der Waals surface area contributed by atoms with Gasteiger partial charge in [0.2, 0.25) is 10.0 Å². The van der Waals surface area contributed by atoms with Gasteiger partial charge in [-0.1, -0.05) is 29.8 Å². The van der Waals surface area contributed by atoms with Crippen molar-refractivity contribution >= 4 is 21.6 Å². The van der Waals surface area contributed by atoms with Crippen molar-refractivity contribution in [1.82, 2.24) is 5.32 Å². The number of aryl methyl sites for hydroxylation is 3. The summed E-state index contributed by atoms with van der Waals surface area (Å²) in [5.41, 5.74) is 5.07. The van der Waals surface area contributed by atoms with Gasteiger partial charge in [-0.3, -0.25) is 9.52 Å². The van der Waals surface area contributed by atoms with Crippen LogP contribution in [-0.2, 0) is 16.6 Å². The van der Waals surface area contributed by atoms with Crippen LogP contribution in [0.4, 0.5) is 5.69 Å². The fourth-order valence-corrected chi connectivity index (χ4v) is 3.30. The van der Waals surface area contributed by atoms with E-state index in [0.29, 0.717) is 12.1 Å². The van der Waals surface area contributed by atoms with Gasteiger partial charge in [0.15, 0.2) is 0 Å². The Kier molecular flexibility index (Phi) is 5.29. The topological polar surface area (TPSA) is 75.3 Å². The molecule has 0 spiro atoms. The number of amides is 1. The van der Waals surface area contributed by atoms with Gasteiger partial charge >= 0.3 is 0 Å². The first kappa shape index (κ1) is 18.0. The van der Waals surface area contributed by atoms with E-state index in [-0.39, 0.29) is 11.6 Å². The van der Waals surface area contributed by atoms with Crippen molar-refractivity contribution in [1.29, 1.82) is 0 Å². The zero-order valence-corrected chi connectivity index (χ0v) is 15.1. The van der Waals surface area contributed by atoms with Crippen LogP contribution in [0.15, 0.2) is 36.4 Å². The lowest BCUT2D eigenvalue weighted by atomic mass is 10.00. The van der Waals surface area contributed by atoms with E-state index in [1.807, 2.05) is 20.8 Å². The molecule has 24 heavy (non-hydrogen) atoms. The summed E-state index contributed by atoms with van der Waals surface area (Å²) in [5.74, 6) is -0.318. The number of sulfonamides is 1. The minimum atomic E-state index is -3.45. The van der Waals surface area contributed by atoms with Crippen LogP contribution >= 0.6 is 0 Å². The van der Waals surface area contributed by atoms with E-state index < -0.39 is 10.0 Å². The quantitative estimate of drug-likeness (QED) is 0.874. The molecule has 0 fully saturated rings. The van der Waals surface area contributed by atoms with Gasteiger partial charge in [0, 0.05) is 6.54 Å². The molecule has 0 bridgehead atoms. The number of carbonyl (C=O) groups is 1. The number of carbonyl (C=O) groups excluding carboxylic acids is 1. The fraction of sp³-hybridized carbons (Fsp3) is 0.278. The lowest BCUT2D eigenvalue weighted by molar-refractivity contribution is 0.0951. The molecule has 0 heterocycles. The van der Waals surface area contributed by atoms with Crippen molar-refractivity contribution in [3.05, 3.63) is 64.2 Å². The second-order valence-corrected chi connectivity index (χ2v) is 7.73. The van der Waals surface area contributed by atoms with E-state index >= 15 is 0 Å². The Morgan fingerprint density at radius 3 is 2.21 bits per heavy atom. The van der Waals surface area contributed by atoms with Crippen LogP contribution in [-0.4, -0.2) is 20.6 Å². The van der Waals surface area contributed by atoms with Gasteiger partial charge < -0.3 is 5.32 Å². The molecular weight excluding hydrogens is 324 g/mol. The number of hydrogen-bond donors (Lipinski definition) is 2. The van der Waals surface area contributed by atoms with Crippen molar-refractivity contribution in [2.45, 2.75) is 27.3 Å². The normalized spacial score (nSPS) is 11.2. The first-order valence-corrected chi connectivity index (χ1v) is 9.48. The van der Waals surface area contributed by atoms with Crippen LogP contribution in [0, 0.1) is 20.8 Å². The maximum absolute atomic E-state index is 12.5. The highest BCUT2D eigenvalue weighted by atomic mass is 32.2. The van der Waals surface area contributed by atoms with E-state index in [1.54, 1.807) is 24.3 Å². The first-order chi connectivity index (χ1) is 11.2. The largest absolute Gasteiger partial charge is 0.348 e. The molecule has 0 aliphatic heterocycles. The molecule has 2 N–H and O–H groups in total. The number of hydrogen-bond acceptors (Lipinski definition) is 3. The van der Waals surface area contributed by atoms with Gasteiger partial charge in [0.1, 0.15) is 0 Å². The monoisotopic (exact) mass is 346 g/mol. The van der Waals surface area contributed by atoms with E-state index in [0.717, 1.165) is 22.9 Å². The SMILES string of the molecule is Cc1cc(C)c(CNC(=O)c2ccccc2NS(C)(=O)=O)c(C)c1. The lowest BCUT2D eigenvalue weighted by Gasteiger charge is -2.14. The van der Waals surface area contributed by atoms with Gasteiger partial charge in [-0.15, -0.1) is 0 Å². The second kappa shape index (κ2) is 7.05. The molecule has 0 atom stereocenters. The number of anilines is 1. The summed E-state index contributed by atoms with van der Waals surface area (Å²) in [6.45, 7) is 6.46. The highest BCUT2D eigenvalue weighted by molar-refractivity contribution is 7.92. The second-order valence-electron chi connectivity index (χ2n) is 5.98. The molecule has 0 saturated carbocycles. The molecule has 1 amide bonds. The van der Waals surface area contributed by atoms with Crippen molar-refractivity contribution < 1.29 is 13.2 Å². The molecule has 2 rings (SSSR count). The number of benzene rings is 2. The predicted molar refractivity (Wildman–Crippen MR) is 96.7 cm³/mol. The summed E-state index contributed by atoms with van der Waals surface area (Å²) in [5, 5.41) is 2.87. The zero-order chi connectivity index (χ0) is 17.9. The maximum Gasteiger partial charge on any atom is 0.253 e. The summed E-state index contributed by atoms with van der Waals surface area (Å²) in [6, 6.07) is 10.7. The first-order valence-electron chi connectivity index (χ1n) is 7.59. The lowest BCUT2D eigenvalue weighted by Crippen LogP contribution is -2.25. The number of nitrogens with one attached hydrogen (secondary N) is 2. The molecule has 2 aromatic carbocycles. The molecule has 0 aliphatic rings. The van der Waals surface area contributed by atoms with Crippen LogP contribution in [0.1, 0.15) is 32.6 Å². The van der Waals surface area contributed by atoms with Crippen molar-refractivity contribution in [3.63, 3.8) is 0 Å². The number of rotatable bonds is 5. The summed E-state index contributed by atoms with van der Waals surface area (Å²) in [4.78, 5) is 12.5. The number of para-hydroxylation sites is 1. The Morgan fingerprint density at radius 1 is 1.04 bits per heavy atom. The van der Waals surface area contributed by atoms with Crippen LogP contribution in [0.2, 0.25) is 0 Å². The minimum absolute atomic E-state index is 0.273. The van der Waals surface area contributed by atoms with Gasteiger partial charge in [-0.25, -0.2) is 8.42 Å². The molecule has 5 nitrogen and oxygen atoms in total. The Labute approximate surface area is 143 Å². The molecule has 0 saturated heterocycles. The molecule has 0 aliphatic carbocycles. The van der Waals surface area contributed by atoms with Crippen molar-refractivity contribution in [2.75, 3.05) is 11.0 Å². The highest BCUT2D eigenvalue weighted by Gasteiger charge is 2.14.